The average molecular weight is 346 g/mol. The van der Waals surface area contributed by atoms with Gasteiger partial charge in [-0.05, 0) is 11.6 Å². The fourth-order valence-corrected chi connectivity index (χ4v) is 3.50. The fourth-order valence-electron chi connectivity index (χ4n) is 1.87. The molecule has 2 aromatic rings. The predicted octanol–water partition coefficient (Wildman–Crippen LogP) is 2.43. The molecule has 1 amide bonds. The number of carbonyl (C=O) groups excluding carboxylic acids is 1. The lowest BCUT2D eigenvalue weighted by molar-refractivity contribution is -0.118. The van der Waals surface area contributed by atoms with Crippen LogP contribution in [0.3, 0.4) is 0 Å². The third-order valence-electron chi connectivity index (χ3n) is 3.07. The molecule has 2 rings (SSSR count). The molecule has 0 aliphatic carbocycles. The van der Waals surface area contributed by atoms with Crippen molar-refractivity contribution in [3.05, 3.63) is 47.8 Å². The number of carbonyl (C=O) groups is 1. The molecular weight excluding hydrogens is 328 g/mol. The van der Waals surface area contributed by atoms with Gasteiger partial charge < -0.3 is 9.88 Å². The van der Waals surface area contributed by atoms with E-state index < -0.39 is 0 Å². The number of thioether (sulfide) groups is 2. The molecule has 0 saturated carbocycles. The molecule has 5 nitrogen and oxygen atoms in total. The number of aromatic nitrogens is 2. The van der Waals surface area contributed by atoms with Crippen molar-refractivity contribution < 1.29 is 4.79 Å². The predicted molar refractivity (Wildman–Crippen MR) is 94.3 cm³/mol. The Morgan fingerprint density at radius 1 is 1.43 bits per heavy atom. The Morgan fingerprint density at radius 2 is 2.26 bits per heavy atom. The van der Waals surface area contributed by atoms with E-state index in [0.29, 0.717) is 12.3 Å². The van der Waals surface area contributed by atoms with E-state index in [4.69, 9.17) is 5.26 Å². The average Bonchev–Trinajstić information content (AvgIpc) is 2.98. The SMILES string of the molecule is Cn1ccnc1SCC(=O)NCCSCc1ccccc1C#N. The zero-order valence-electron chi connectivity index (χ0n) is 12.9. The smallest absolute Gasteiger partial charge is 0.230 e. The van der Waals surface area contributed by atoms with E-state index in [1.165, 1.54) is 11.8 Å². The van der Waals surface area contributed by atoms with Gasteiger partial charge in [0.25, 0.3) is 0 Å². The number of hydrogen-bond donors (Lipinski definition) is 1. The minimum atomic E-state index is 0.0102. The van der Waals surface area contributed by atoms with Crippen LogP contribution in [0.5, 0.6) is 0 Å². The molecule has 0 saturated heterocycles. The third-order valence-corrected chi connectivity index (χ3v) is 5.14. The quantitative estimate of drug-likeness (QED) is 0.587. The summed E-state index contributed by atoms with van der Waals surface area (Å²) >= 11 is 3.13. The molecule has 0 aliphatic rings. The minimum Gasteiger partial charge on any atom is -0.355 e. The zero-order chi connectivity index (χ0) is 16.5. The van der Waals surface area contributed by atoms with Crippen LogP contribution in [0, 0.1) is 11.3 Å². The second-order valence-electron chi connectivity index (χ2n) is 4.78. The van der Waals surface area contributed by atoms with Crippen LogP contribution in [0.25, 0.3) is 0 Å². The van der Waals surface area contributed by atoms with Crippen molar-refractivity contribution in [2.24, 2.45) is 7.05 Å². The summed E-state index contributed by atoms with van der Waals surface area (Å²) in [6.07, 6.45) is 3.58. The maximum absolute atomic E-state index is 11.8. The summed E-state index contributed by atoms with van der Waals surface area (Å²) in [6.45, 7) is 0.624. The first-order chi connectivity index (χ1) is 11.2. The molecule has 0 bridgehead atoms. The molecule has 0 atom stereocenters. The molecule has 7 heteroatoms. The molecule has 120 valence electrons. The van der Waals surface area contributed by atoms with Gasteiger partial charge in [-0.3, -0.25) is 4.79 Å². The Morgan fingerprint density at radius 3 is 3.00 bits per heavy atom. The summed E-state index contributed by atoms with van der Waals surface area (Å²) in [6, 6.07) is 9.79. The molecule has 0 unspecified atom stereocenters. The highest BCUT2D eigenvalue weighted by molar-refractivity contribution is 7.99. The van der Waals surface area contributed by atoms with Gasteiger partial charge in [0.2, 0.25) is 5.91 Å². The summed E-state index contributed by atoms with van der Waals surface area (Å²) < 4.78 is 1.89. The molecule has 1 aromatic carbocycles. The maximum Gasteiger partial charge on any atom is 0.230 e. The van der Waals surface area contributed by atoms with Gasteiger partial charge >= 0.3 is 0 Å². The highest BCUT2D eigenvalue weighted by Gasteiger charge is 2.06. The number of hydrogen-bond acceptors (Lipinski definition) is 5. The molecule has 1 N–H and O–H groups in total. The van der Waals surface area contributed by atoms with E-state index in [9.17, 15) is 4.79 Å². The number of benzene rings is 1. The number of nitrogens with zero attached hydrogens (tertiary/aromatic N) is 3. The van der Waals surface area contributed by atoms with Gasteiger partial charge in [-0.1, -0.05) is 30.0 Å². The summed E-state index contributed by atoms with van der Waals surface area (Å²) in [4.78, 5) is 15.9. The van der Waals surface area contributed by atoms with Gasteiger partial charge in [-0.25, -0.2) is 4.98 Å². The second kappa shape index (κ2) is 9.28. The van der Waals surface area contributed by atoms with Crippen molar-refractivity contribution in [1.82, 2.24) is 14.9 Å². The van der Waals surface area contributed by atoms with Crippen LogP contribution < -0.4 is 5.32 Å². The van der Waals surface area contributed by atoms with E-state index in [1.54, 1.807) is 18.0 Å². The van der Waals surface area contributed by atoms with E-state index >= 15 is 0 Å². The number of aryl methyl sites for hydroxylation is 1. The van der Waals surface area contributed by atoms with Crippen molar-refractivity contribution >= 4 is 29.4 Å². The fraction of sp³-hybridized carbons (Fsp3) is 0.312. The lowest BCUT2D eigenvalue weighted by atomic mass is 10.1. The first-order valence-corrected chi connectivity index (χ1v) is 9.27. The van der Waals surface area contributed by atoms with Crippen LogP contribution in [0.15, 0.2) is 41.8 Å². The normalized spacial score (nSPS) is 10.3. The molecule has 0 fully saturated rings. The first-order valence-electron chi connectivity index (χ1n) is 7.13. The van der Waals surface area contributed by atoms with Crippen molar-refractivity contribution in [2.45, 2.75) is 10.9 Å². The highest BCUT2D eigenvalue weighted by Crippen LogP contribution is 2.16. The molecule has 23 heavy (non-hydrogen) atoms. The summed E-state index contributed by atoms with van der Waals surface area (Å²) in [5.41, 5.74) is 1.76. The van der Waals surface area contributed by atoms with Gasteiger partial charge in [0.1, 0.15) is 0 Å². The van der Waals surface area contributed by atoms with E-state index in [0.717, 1.165) is 27.8 Å². The number of amides is 1. The van der Waals surface area contributed by atoms with Crippen molar-refractivity contribution in [3.8, 4) is 6.07 Å². The number of nitriles is 1. The van der Waals surface area contributed by atoms with Gasteiger partial charge in [0.15, 0.2) is 5.16 Å². The van der Waals surface area contributed by atoms with Crippen LogP contribution in [0.2, 0.25) is 0 Å². The topological polar surface area (TPSA) is 70.7 Å². The molecule has 1 heterocycles. The van der Waals surface area contributed by atoms with E-state index in [2.05, 4.69) is 16.4 Å². The Kier molecular flexibility index (Phi) is 7.04. The number of nitrogens with one attached hydrogen (secondary N) is 1. The minimum absolute atomic E-state index is 0.0102. The Hall–Kier alpha value is -1.91. The Bertz CT molecular complexity index is 693. The molecule has 0 spiro atoms. The molecule has 0 radical (unpaired) electrons. The largest absolute Gasteiger partial charge is 0.355 e. The zero-order valence-corrected chi connectivity index (χ0v) is 14.5. The highest BCUT2D eigenvalue weighted by atomic mass is 32.2. The van der Waals surface area contributed by atoms with Gasteiger partial charge in [0.05, 0.1) is 17.4 Å². The lowest BCUT2D eigenvalue weighted by Crippen LogP contribution is -2.27. The van der Waals surface area contributed by atoms with Crippen molar-refractivity contribution in [1.29, 1.82) is 5.26 Å². The maximum atomic E-state index is 11.8. The van der Waals surface area contributed by atoms with Crippen molar-refractivity contribution in [3.63, 3.8) is 0 Å². The van der Waals surface area contributed by atoms with E-state index in [-0.39, 0.29) is 5.91 Å². The lowest BCUT2D eigenvalue weighted by Gasteiger charge is -2.06. The molecule has 0 aliphatic heterocycles. The van der Waals surface area contributed by atoms with Gasteiger partial charge in [-0.15, -0.1) is 0 Å². The molecule has 1 aromatic heterocycles. The standard InChI is InChI=1S/C16H18N4OS2/c1-20-8-6-19-16(20)23-12-15(21)18-7-9-22-11-14-5-3-2-4-13(14)10-17/h2-6,8H,7,9,11-12H2,1H3,(H,18,21). The van der Waals surface area contributed by atoms with Gasteiger partial charge in [-0.2, -0.15) is 17.0 Å². The van der Waals surface area contributed by atoms with Crippen LogP contribution in [-0.2, 0) is 17.6 Å². The second-order valence-corrected chi connectivity index (χ2v) is 6.83. The van der Waals surface area contributed by atoms with Gasteiger partial charge in [0, 0.05) is 37.5 Å². The molecular formula is C16H18N4OS2. The summed E-state index contributed by atoms with van der Waals surface area (Å²) in [5.74, 6) is 1.98. The van der Waals surface area contributed by atoms with E-state index in [1.807, 2.05) is 42.1 Å². The summed E-state index contributed by atoms with van der Waals surface area (Å²) in [7, 11) is 1.91. The third kappa shape index (κ3) is 5.66. The monoisotopic (exact) mass is 346 g/mol. The van der Waals surface area contributed by atoms with Crippen molar-refractivity contribution in [2.75, 3.05) is 18.1 Å². The van der Waals surface area contributed by atoms with Crippen LogP contribution in [0.4, 0.5) is 0 Å². The van der Waals surface area contributed by atoms with Crippen LogP contribution in [0.1, 0.15) is 11.1 Å². The Balaban J connectivity index is 1.61. The summed E-state index contributed by atoms with van der Waals surface area (Å²) in [5, 5.41) is 12.8. The van der Waals surface area contributed by atoms with Crippen LogP contribution >= 0.6 is 23.5 Å². The number of rotatable bonds is 8. The van der Waals surface area contributed by atoms with Crippen LogP contribution in [-0.4, -0.2) is 33.5 Å². The Labute approximate surface area is 144 Å². The first kappa shape index (κ1) is 17.4. The number of imidazole rings is 1.